The fourth-order valence-electron chi connectivity index (χ4n) is 4.09. The normalized spacial score (nSPS) is 15.0. The third kappa shape index (κ3) is 5.93. The Morgan fingerprint density at radius 1 is 1.11 bits per heavy atom. The summed E-state index contributed by atoms with van der Waals surface area (Å²) in [7, 11) is 0. The highest BCUT2D eigenvalue weighted by molar-refractivity contribution is 6.34. The Morgan fingerprint density at radius 2 is 1.89 bits per heavy atom. The molecule has 2 aromatic carbocycles. The quantitative estimate of drug-likeness (QED) is 0.422. The maximum Gasteiger partial charge on any atom is 0.418 e. The highest BCUT2D eigenvalue weighted by Crippen LogP contribution is 2.43. The van der Waals surface area contributed by atoms with Crippen molar-refractivity contribution >= 4 is 28.9 Å². The number of anilines is 2. The van der Waals surface area contributed by atoms with Crippen molar-refractivity contribution in [3.63, 3.8) is 0 Å². The molecule has 1 aliphatic rings. The first kappa shape index (κ1) is 25.0. The lowest BCUT2D eigenvalue weighted by molar-refractivity contribution is -0.136. The largest absolute Gasteiger partial charge is 0.478 e. The molecule has 1 fully saturated rings. The zero-order chi connectivity index (χ0) is 25.0. The molecule has 0 bridgehead atoms. The standard InChI is InChI=1S/C25H23ClF3N3O3/c26-20-14-18(16-5-7-30-8-6-16)13-19(25(27,28)29)23(20)31-21-4-1-3-17(22(21)24(33)34)15-32-9-2-11-35-12-10-32/h1,3-8,13-14,31H,2,9-12,15H2,(H,33,34). The lowest BCUT2D eigenvalue weighted by atomic mass is 10.0. The number of rotatable bonds is 6. The van der Waals surface area contributed by atoms with Gasteiger partial charge in [-0.25, -0.2) is 4.79 Å². The van der Waals surface area contributed by atoms with E-state index in [-0.39, 0.29) is 21.8 Å². The van der Waals surface area contributed by atoms with Crippen molar-refractivity contribution in [3.05, 3.63) is 76.6 Å². The van der Waals surface area contributed by atoms with E-state index < -0.39 is 23.4 Å². The Morgan fingerprint density at radius 3 is 2.60 bits per heavy atom. The number of hydrogen-bond acceptors (Lipinski definition) is 5. The summed E-state index contributed by atoms with van der Waals surface area (Å²) in [5.74, 6) is -1.24. The number of carboxylic acid groups (broad SMARTS) is 1. The number of benzene rings is 2. The number of halogens is 4. The van der Waals surface area contributed by atoms with Crippen LogP contribution in [0.2, 0.25) is 5.02 Å². The minimum absolute atomic E-state index is 0.0325. The molecule has 1 aromatic heterocycles. The van der Waals surface area contributed by atoms with E-state index in [4.69, 9.17) is 16.3 Å². The van der Waals surface area contributed by atoms with Gasteiger partial charge in [0.15, 0.2) is 0 Å². The summed E-state index contributed by atoms with van der Waals surface area (Å²) in [6.45, 7) is 2.88. The van der Waals surface area contributed by atoms with Crippen LogP contribution in [0.4, 0.5) is 24.5 Å². The van der Waals surface area contributed by atoms with Crippen LogP contribution in [-0.4, -0.2) is 47.3 Å². The Balaban J connectivity index is 1.74. The van der Waals surface area contributed by atoms with E-state index in [2.05, 4.69) is 15.2 Å². The van der Waals surface area contributed by atoms with Gasteiger partial charge < -0.3 is 15.2 Å². The van der Waals surface area contributed by atoms with E-state index in [1.54, 1.807) is 24.3 Å². The Kier molecular flexibility index (Phi) is 7.59. The van der Waals surface area contributed by atoms with Crippen molar-refractivity contribution in [3.8, 4) is 11.1 Å². The van der Waals surface area contributed by atoms with Gasteiger partial charge in [0, 0.05) is 38.6 Å². The Bertz CT molecular complexity index is 1200. The predicted octanol–water partition coefficient (Wildman–Crippen LogP) is 6.08. The van der Waals surface area contributed by atoms with Crippen LogP contribution in [0.1, 0.15) is 27.9 Å². The zero-order valence-corrected chi connectivity index (χ0v) is 19.4. The SMILES string of the molecule is O=C(O)c1c(CN2CCCOCC2)cccc1Nc1c(Cl)cc(-c2ccncc2)cc1C(F)(F)F. The number of pyridine rings is 1. The lowest BCUT2D eigenvalue weighted by Crippen LogP contribution is -2.27. The summed E-state index contributed by atoms with van der Waals surface area (Å²) in [5, 5.41) is 12.5. The van der Waals surface area contributed by atoms with E-state index in [0.717, 1.165) is 19.0 Å². The van der Waals surface area contributed by atoms with Crippen molar-refractivity contribution in [2.45, 2.75) is 19.1 Å². The van der Waals surface area contributed by atoms with Crippen LogP contribution in [0.25, 0.3) is 11.1 Å². The molecule has 0 spiro atoms. The van der Waals surface area contributed by atoms with Crippen LogP contribution in [0.15, 0.2) is 54.9 Å². The van der Waals surface area contributed by atoms with Crippen molar-refractivity contribution in [1.29, 1.82) is 0 Å². The van der Waals surface area contributed by atoms with Crippen molar-refractivity contribution in [1.82, 2.24) is 9.88 Å². The second-order valence-corrected chi connectivity index (χ2v) is 8.53. The predicted molar refractivity (Wildman–Crippen MR) is 127 cm³/mol. The number of nitrogens with one attached hydrogen (secondary N) is 1. The van der Waals surface area contributed by atoms with Gasteiger partial charge in [-0.1, -0.05) is 23.7 Å². The molecule has 3 aromatic rings. The molecule has 4 rings (SSSR count). The van der Waals surface area contributed by atoms with Crippen LogP contribution in [0, 0.1) is 0 Å². The van der Waals surface area contributed by atoms with E-state index in [1.165, 1.54) is 24.5 Å². The van der Waals surface area contributed by atoms with Crippen molar-refractivity contribution in [2.75, 3.05) is 31.6 Å². The second kappa shape index (κ2) is 10.6. The molecule has 0 aliphatic carbocycles. The van der Waals surface area contributed by atoms with Gasteiger partial charge in [0.1, 0.15) is 0 Å². The molecule has 35 heavy (non-hydrogen) atoms. The molecule has 0 saturated carbocycles. The average molecular weight is 506 g/mol. The summed E-state index contributed by atoms with van der Waals surface area (Å²) >= 11 is 6.34. The second-order valence-electron chi connectivity index (χ2n) is 8.13. The molecule has 0 atom stereocenters. The number of ether oxygens (including phenoxy) is 1. The summed E-state index contributed by atoms with van der Waals surface area (Å²) in [4.78, 5) is 18.2. The smallest absolute Gasteiger partial charge is 0.418 e. The van der Waals surface area contributed by atoms with E-state index in [0.29, 0.717) is 37.4 Å². The van der Waals surface area contributed by atoms with Gasteiger partial charge in [-0.3, -0.25) is 9.88 Å². The molecule has 1 aliphatic heterocycles. The van der Waals surface area contributed by atoms with Crippen LogP contribution < -0.4 is 5.32 Å². The fourth-order valence-corrected chi connectivity index (χ4v) is 4.35. The van der Waals surface area contributed by atoms with Crippen molar-refractivity contribution in [2.24, 2.45) is 0 Å². The van der Waals surface area contributed by atoms with Gasteiger partial charge >= 0.3 is 12.1 Å². The third-order valence-corrected chi connectivity index (χ3v) is 6.04. The maximum atomic E-state index is 14.1. The number of alkyl halides is 3. The van der Waals surface area contributed by atoms with Crippen LogP contribution >= 0.6 is 11.6 Å². The van der Waals surface area contributed by atoms with Gasteiger partial charge in [-0.15, -0.1) is 0 Å². The number of carbonyl (C=O) groups is 1. The van der Waals surface area contributed by atoms with Crippen LogP contribution in [0.5, 0.6) is 0 Å². The number of nitrogens with zero attached hydrogens (tertiary/aromatic N) is 2. The van der Waals surface area contributed by atoms with E-state index >= 15 is 0 Å². The fraction of sp³-hybridized carbons (Fsp3) is 0.280. The summed E-state index contributed by atoms with van der Waals surface area (Å²) < 4.78 is 47.6. The highest BCUT2D eigenvalue weighted by Gasteiger charge is 2.36. The Labute approximate surface area is 205 Å². The number of aromatic nitrogens is 1. The first-order chi connectivity index (χ1) is 16.7. The minimum atomic E-state index is -4.73. The molecular formula is C25H23ClF3N3O3. The van der Waals surface area contributed by atoms with Gasteiger partial charge in [0.05, 0.1) is 34.1 Å². The molecule has 2 heterocycles. The molecular weight excluding hydrogens is 483 g/mol. The molecule has 10 heteroatoms. The van der Waals surface area contributed by atoms with Crippen LogP contribution in [-0.2, 0) is 17.5 Å². The summed E-state index contributed by atoms with van der Waals surface area (Å²) in [5.41, 5.74) is -0.185. The topological polar surface area (TPSA) is 74.7 Å². The monoisotopic (exact) mass is 505 g/mol. The molecule has 0 radical (unpaired) electrons. The highest BCUT2D eigenvalue weighted by atomic mass is 35.5. The minimum Gasteiger partial charge on any atom is -0.478 e. The number of hydrogen-bond donors (Lipinski definition) is 2. The van der Waals surface area contributed by atoms with Gasteiger partial charge in [-0.05, 0) is 53.4 Å². The first-order valence-electron chi connectivity index (χ1n) is 11.0. The van der Waals surface area contributed by atoms with Crippen LogP contribution in [0.3, 0.4) is 0 Å². The molecule has 6 nitrogen and oxygen atoms in total. The molecule has 1 saturated heterocycles. The van der Waals surface area contributed by atoms with Gasteiger partial charge in [0.2, 0.25) is 0 Å². The average Bonchev–Trinajstić information content (AvgIpc) is 3.08. The zero-order valence-electron chi connectivity index (χ0n) is 18.6. The summed E-state index contributed by atoms with van der Waals surface area (Å²) in [6, 6.07) is 10.3. The molecule has 0 amide bonds. The molecule has 184 valence electrons. The van der Waals surface area contributed by atoms with Crippen molar-refractivity contribution < 1.29 is 27.8 Å². The van der Waals surface area contributed by atoms with E-state index in [1.807, 2.05) is 0 Å². The van der Waals surface area contributed by atoms with Gasteiger partial charge in [-0.2, -0.15) is 13.2 Å². The summed E-state index contributed by atoms with van der Waals surface area (Å²) in [6.07, 6.45) is -0.968. The molecule has 2 N–H and O–H groups in total. The first-order valence-corrected chi connectivity index (χ1v) is 11.4. The number of carboxylic acids is 1. The number of aromatic carboxylic acids is 1. The maximum absolute atomic E-state index is 14.1. The third-order valence-electron chi connectivity index (χ3n) is 5.74. The van der Waals surface area contributed by atoms with Gasteiger partial charge in [0.25, 0.3) is 0 Å². The van der Waals surface area contributed by atoms with E-state index in [9.17, 15) is 23.1 Å². The Hall–Kier alpha value is -3.14. The lowest BCUT2D eigenvalue weighted by Gasteiger charge is -2.23. The molecule has 0 unspecified atom stereocenters.